The van der Waals surface area contributed by atoms with E-state index in [9.17, 15) is 0 Å². The summed E-state index contributed by atoms with van der Waals surface area (Å²) in [5, 5.41) is 0.671. The van der Waals surface area contributed by atoms with Gasteiger partial charge in [-0.3, -0.25) is 4.98 Å². The molecule has 0 bridgehead atoms. The first-order chi connectivity index (χ1) is 10.2. The highest BCUT2D eigenvalue weighted by Crippen LogP contribution is 2.18. The van der Waals surface area contributed by atoms with Crippen molar-refractivity contribution >= 4 is 11.6 Å². The minimum Gasteiger partial charge on any atom is -0.323 e. The third-order valence-corrected chi connectivity index (χ3v) is 4.22. The van der Waals surface area contributed by atoms with Crippen molar-refractivity contribution in [3.63, 3.8) is 0 Å². The molecule has 1 rings (SSSR count). The summed E-state index contributed by atoms with van der Waals surface area (Å²) in [6.07, 6.45) is 16.3. The van der Waals surface area contributed by atoms with Crippen LogP contribution in [0, 0.1) is 0 Å². The SMILES string of the molecule is CCCCCCCCCCCCC(N)c1ccc(Cl)cn1. The molecule has 0 aromatic carbocycles. The van der Waals surface area contributed by atoms with Crippen LogP contribution in [0.4, 0.5) is 0 Å². The molecule has 1 aromatic heterocycles. The lowest BCUT2D eigenvalue weighted by Crippen LogP contribution is -2.11. The summed E-state index contributed by atoms with van der Waals surface area (Å²) in [5.74, 6) is 0. The lowest BCUT2D eigenvalue weighted by molar-refractivity contribution is 0.525. The normalized spacial score (nSPS) is 12.5. The Kier molecular flexibility index (Phi) is 10.5. The Morgan fingerprint density at radius 2 is 1.52 bits per heavy atom. The number of halogens is 1. The molecule has 0 saturated carbocycles. The molecule has 0 aliphatic heterocycles. The molecule has 1 unspecified atom stereocenters. The van der Waals surface area contributed by atoms with Gasteiger partial charge in [-0.2, -0.15) is 0 Å². The quantitative estimate of drug-likeness (QED) is 0.477. The minimum atomic E-state index is 0.0521. The summed E-state index contributed by atoms with van der Waals surface area (Å²) in [5.41, 5.74) is 7.10. The van der Waals surface area contributed by atoms with Gasteiger partial charge in [0.25, 0.3) is 0 Å². The summed E-state index contributed by atoms with van der Waals surface area (Å²) < 4.78 is 0. The number of nitrogens with zero attached hydrogens (tertiary/aromatic N) is 1. The first-order valence-electron chi connectivity index (χ1n) is 8.61. The molecule has 2 nitrogen and oxygen atoms in total. The van der Waals surface area contributed by atoms with Crippen molar-refractivity contribution in [2.75, 3.05) is 0 Å². The van der Waals surface area contributed by atoms with E-state index in [0.717, 1.165) is 12.1 Å². The number of nitrogens with two attached hydrogens (primary N) is 1. The topological polar surface area (TPSA) is 38.9 Å². The zero-order valence-electron chi connectivity index (χ0n) is 13.5. The molecular formula is C18H31ClN2. The first kappa shape index (κ1) is 18.4. The molecule has 0 radical (unpaired) electrons. The Morgan fingerprint density at radius 3 is 2.05 bits per heavy atom. The molecule has 0 spiro atoms. The lowest BCUT2D eigenvalue weighted by Gasteiger charge is -2.10. The van der Waals surface area contributed by atoms with Gasteiger partial charge in [0.1, 0.15) is 0 Å². The molecular weight excluding hydrogens is 280 g/mol. The minimum absolute atomic E-state index is 0.0521. The summed E-state index contributed by atoms with van der Waals surface area (Å²) >= 11 is 5.83. The van der Waals surface area contributed by atoms with E-state index >= 15 is 0 Å². The maximum absolute atomic E-state index is 6.15. The van der Waals surface area contributed by atoms with Crippen LogP contribution in [0.25, 0.3) is 0 Å². The molecule has 0 aliphatic carbocycles. The number of hydrogen-bond acceptors (Lipinski definition) is 2. The van der Waals surface area contributed by atoms with Crippen molar-refractivity contribution in [2.45, 2.75) is 83.6 Å². The van der Waals surface area contributed by atoms with Gasteiger partial charge in [0, 0.05) is 12.2 Å². The van der Waals surface area contributed by atoms with E-state index in [1.807, 2.05) is 12.1 Å². The van der Waals surface area contributed by atoms with Crippen molar-refractivity contribution in [3.05, 3.63) is 29.0 Å². The first-order valence-corrected chi connectivity index (χ1v) is 8.99. The Hall–Kier alpha value is -0.600. The van der Waals surface area contributed by atoms with Crippen LogP contribution < -0.4 is 5.73 Å². The Balaban J connectivity index is 1.95. The lowest BCUT2D eigenvalue weighted by atomic mass is 10.0. The molecule has 1 aromatic rings. The number of rotatable bonds is 12. The monoisotopic (exact) mass is 310 g/mol. The highest BCUT2D eigenvalue weighted by molar-refractivity contribution is 6.30. The Labute approximate surface area is 135 Å². The van der Waals surface area contributed by atoms with Crippen molar-refractivity contribution in [1.82, 2.24) is 4.98 Å². The van der Waals surface area contributed by atoms with E-state index in [-0.39, 0.29) is 6.04 Å². The standard InChI is InChI=1S/C18H31ClN2/c1-2-3-4-5-6-7-8-9-10-11-12-17(20)18-14-13-16(19)15-21-18/h13-15,17H,2-12,20H2,1H3. The van der Waals surface area contributed by atoms with Gasteiger partial charge in [0.05, 0.1) is 10.7 Å². The fourth-order valence-electron chi connectivity index (χ4n) is 2.61. The fraction of sp³-hybridized carbons (Fsp3) is 0.722. The van der Waals surface area contributed by atoms with Crippen molar-refractivity contribution < 1.29 is 0 Å². The summed E-state index contributed by atoms with van der Waals surface area (Å²) in [6.45, 7) is 2.27. The molecule has 0 fully saturated rings. The van der Waals surface area contributed by atoms with E-state index in [0.29, 0.717) is 5.02 Å². The number of unbranched alkanes of at least 4 members (excludes halogenated alkanes) is 9. The van der Waals surface area contributed by atoms with Gasteiger partial charge in [-0.15, -0.1) is 0 Å². The van der Waals surface area contributed by atoms with Crippen LogP contribution in [0.3, 0.4) is 0 Å². The van der Waals surface area contributed by atoms with Gasteiger partial charge in [-0.1, -0.05) is 82.7 Å². The van der Waals surface area contributed by atoms with E-state index in [4.69, 9.17) is 17.3 Å². The van der Waals surface area contributed by atoms with Crippen LogP contribution in [0.15, 0.2) is 18.3 Å². The maximum atomic E-state index is 6.15. The van der Waals surface area contributed by atoms with Crippen LogP contribution >= 0.6 is 11.6 Å². The number of hydrogen-bond donors (Lipinski definition) is 1. The van der Waals surface area contributed by atoms with Crippen molar-refractivity contribution in [2.24, 2.45) is 5.73 Å². The predicted octanol–water partition coefficient (Wildman–Crippen LogP) is 6.05. The van der Waals surface area contributed by atoms with Gasteiger partial charge >= 0.3 is 0 Å². The smallest absolute Gasteiger partial charge is 0.0589 e. The third kappa shape index (κ3) is 9.10. The fourth-order valence-corrected chi connectivity index (χ4v) is 2.72. The molecule has 21 heavy (non-hydrogen) atoms. The second-order valence-electron chi connectivity index (χ2n) is 5.98. The van der Waals surface area contributed by atoms with E-state index in [2.05, 4.69) is 11.9 Å². The largest absolute Gasteiger partial charge is 0.323 e. The van der Waals surface area contributed by atoms with Gasteiger partial charge in [0.2, 0.25) is 0 Å². The van der Waals surface area contributed by atoms with Gasteiger partial charge in [-0.25, -0.2) is 0 Å². The average Bonchev–Trinajstić information content (AvgIpc) is 2.49. The van der Waals surface area contributed by atoms with E-state index in [1.165, 1.54) is 64.2 Å². The Morgan fingerprint density at radius 1 is 0.952 bits per heavy atom. The molecule has 0 amide bonds. The van der Waals surface area contributed by atoms with E-state index < -0.39 is 0 Å². The maximum Gasteiger partial charge on any atom is 0.0589 e. The van der Waals surface area contributed by atoms with Crippen molar-refractivity contribution in [3.8, 4) is 0 Å². The summed E-state index contributed by atoms with van der Waals surface area (Å²) in [6, 6.07) is 3.85. The van der Waals surface area contributed by atoms with Gasteiger partial charge in [0.15, 0.2) is 0 Å². The van der Waals surface area contributed by atoms with Crippen LogP contribution in [0.2, 0.25) is 5.02 Å². The zero-order valence-corrected chi connectivity index (χ0v) is 14.2. The molecule has 1 heterocycles. The van der Waals surface area contributed by atoms with Crippen LogP contribution in [-0.2, 0) is 0 Å². The average molecular weight is 311 g/mol. The van der Waals surface area contributed by atoms with Crippen molar-refractivity contribution in [1.29, 1.82) is 0 Å². The van der Waals surface area contributed by atoms with Gasteiger partial charge < -0.3 is 5.73 Å². The van der Waals surface area contributed by atoms with Gasteiger partial charge in [-0.05, 0) is 18.6 Å². The third-order valence-electron chi connectivity index (χ3n) is 4.00. The summed E-state index contributed by atoms with van der Waals surface area (Å²) in [7, 11) is 0. The Bertz CT molecular complexity index is 351. The van der Waals surface area contributed by atoms with Crippen LogP contribution in [0.5, 0.6) is 0 Å². The highest BCUT2D eigenvalue weighted by Gasteiger charge is 2.06. The summed E-state index contributed by atoms with van der Waals surface area (Å²) in [4.78, 5) is 4.29. The molecule has 0 saturated heterocycles. The molecule has 2 N–H and O–H groups in total. The predicted molar refractivity (Wildman–Crippen MR) is 92.6 cm³/mol. The molecule has 1 atom stereocenters. The number of aromatic nitrogens is 1. The van der Waals surface area contributed by atoms with E-state index in [1.54, 1.807) is 6.20 Å². The van der Waals surface area contributed by atoms with Crippen LogP contribution in [-0.4, -0.2) is 4.98 Å². The zero-order chi connectivity index (χ0) is 15.3. The molecule has 120 valence electrons. The molecule has 0 aliphatic rings. The number of pyridine rings is 1. The second-order valence-corrected chi connectivity index (χ2v) is 6.41. The molecule has 3 heteroatoms. The van der Waals surface area contributed by atoms with Crippen LogP contribution in [0.1, 0.15) is 89.3 Å². The highest BCUT2D eigenvalue weighted by atomic mass is 35.5. The second kappa shape index (κ2) is 12.0.